The molecule has 0 bridgehead atoms. The predicted molar refractivity (Wildman–Crippen MR) is 106 cm³/mol. The number of nitrogens with one attached hydrogen (secondary N) is 1. The predicted octanol–water partition coefficient (Wildman–Crippen LogP) is 3.30. The molecule has 1 unspecified atom stereocenters. The summed E-state index contributed by atoms with van der Waals surface area (Å²) in [6, 6.07) is 8.16. The van der Waals surface area contributed by atoms with Crippen LogP contribution in [0.5, 0.6) is 5.88 Å². The first-order valence-electron chi connectivity index (χ1n) is 10.1. The first kappa shape index (κ1) is 18.0. The number of methoxy groups -OCH3 is 1. The monoisotopic (exact) mass is 368 g/mol. The summed E-state index contributed by atoms with van der Waals surface area (Å²) in [6.45, 7) is 1.54. The molecule has 0 radical (unpaired) electrons. The maximum absolute atomic E-state index is 12.8. The maximum Gasteiger partial charge on any atom is 0.257 e. The normalized spacial score (nSPS) is 21.2. The van der Waals surface area contributed by atoms with Crippen molar-refractivity contribution in [2.45, 2.75) is 51.0 Å². The summed E-state index contributed by atoms with van der Waals surface area (Å²) in [4.78, 5) is 24.4. The number of hydrogen-bond donors (Lipinski definition) is 1. The molecule has 2 heterocycles. The van der Waals surface area contributed by atoms with Gasteiger partial charge in [0.25, 0.3) is 5.88 Å². The molecule has 1 N–H and O–H groups in total. The Bertz CT molecular complexity index is 804. The third-order valence-corrected chi connectivity index (χ3v) is 5.76. The molecule has 2 aromatic rings. The Kier molecular flexibility index (Phi) is 5.41. The van der Waals surface area contributed by atoms with Crippen molar-refractivity contribution in [1.29, 1.82) is 0 Å². The van der Waals surface area contributed by atoms with Crippen LogP contribution in [0, 0.1) is 5.92 Å². The fourth-order valence-corrected chi connectivity index (χ4v) is 4.27. The van der Waals surface area contributed by atoms with Gasteiger partial charge in [-0.05, 0) is 37.8 Å². The van der Waals surface area contributed by atoms with Crippen molar-refractivity contribution in [2.24, 2.45) is 5.92 Å². The van der Waals surface area contributed by atoms with Gasteiger partial charge in [-0.1, -0.05) is 31.4 Å². The van der Waals surface area contributed by atoms with Gasteiger partial charge in [0.15, 0.2) is 5.82 Å². The number of anilines is 1. The summed E-state index contributed by atoms with van der Waals surface area (Å²) in [5.74, 6) is 1.46. The Balaban J connectivity index is 1.50. The number of aromatic nitrogens is 2. The number of carbonyl (C=O) groups is 1. The molecule has 2 aliphatic rings. The molecule has 27 heavy (non-hydrogen) atoms. The van der Waals surface area contributed by atoms with Gasteiger partial charge < -0.3 is 15.0 Å². The van der Waals surface area contributed by atoms with Gasteiger partial charge in [0.1, 0.15) is 0 Å². The van der Waals surface area contributed by atoms with Gasteiger partial charge in [0.2, 0.25) is 5.91 Å². The van der Waals surface area contributed by atoms with Gasteiger partial charge in [-0.25, -0.2) is 9.97 Å². The van der Waals surface area contributed by atoms with Crippen molar-refractivity contribution in [3.05, 3.63) is 24.3 Å². The number of nitrogens with zero attached hydrogens (tertiary/aromatic N) is 3. The van der Waals surface area contributed by atoms with Crippen molar-refractivity contribution in [1.82, 2.24) is 15.3 Å². The SMILES string of the molecule is COc1nc2ccccc2nc1N1CCCC(C(=O)NC2CCCCC2)C1. The Hall–Kier alpha value is -2.37. The molecule has 6 heteroatoms. The first-order chi connectivity index (χ1) is 13.2. The minimum absolute atomic E-state index is 0.00125. The van der Waals surface area contributed by atoms with Crippen molar-refractivity contribution in [2.75, 3.05) is 25.1 Å². The van der Waals surface area contributed by atoms with E-state index in [4.69, 9.17) is 9.72 Å². The number of piperidine rings is 1. The van der Waals surface area contributed by atoms with Crippen LogP contribution in [0.4, 0.5) is 5.82 Å². The van der Waals surface area contributed by atoms with Gasteiger partial charge in [-0.15, -0.1) is 0 Å². The molecule has 1 saturated heterocycles. The van der Waals surface area contributed by atoms with Crippen molar-refractivity contribution < 1.29 is 9.53 Å². The van der Waals surface area contributed by atoms with E-state index in [9.17, 15) is 4.79 Å². The molecule has 144 valence electrons. The smallest absolute Gasteiger partial charge is 0.257 e. The van der Waals surface area contributed by atoms with Gasteiger partial charge in [0, 0.05) is 19.1 Å². The van der Waals surface area contributed by atoms with Crippen LogP contribution in [0.15, 0.2) is 24.3 Å². The van der Waals surface area contributed by atoms with Gasteiger partial charge in [-0.2, -0.15) is 0 Å². The van der Waals surface area contributed by atoms with E-state index in [2.05, 4.69) is 15.2 Å². The average molecular weight is 368 g/mol. The van der Waals surface area contributed by atoms with Crippen LogP contribution in [0.25, 0.3) is 11.0 Å². The average Bonchev–Trinajstić information content (AvgIpc) is 2.73. The molecule has 1 amide bonds. The number of hydrogen-bond acceptors (Lipinski definition) is 5. The van der Waals surface area contributed by atoms with Crippen LogP contribution in [0.1, 0.15) is 44.9 Å². The highest BCUT2D eigenvalue weighted by atomic mass is 16.5. The molecule has 1 atom stereocenters. The zero-order valence-electron chi connectivity index (χ0n) is 16.0. The number of rotatable bonds is 4. The minimum atomic E-state index is -0.00125. The van der Waals surface area contributed by atoms with Crippen LogP contribution in [0.2, 0.25) is 0 Å². The zero-order valence-corrected chi connectivity index (χ0v) is 16.0. The van der Waals surface area contributed by atoms with E-state index in [0.717, 1.165) is 49.1 Å². The second-order valence-corrected chi connectivity index (χ2v) is 7.67. The molecular weight excluding hydrogens is 340 g/mol. The number of amides is 1. The largest absolute Gasteiger partial charge is 0.478 e. The molecule has 1 aromatic carbocycles. The van der Waals surface area contributed by atoms with E-state index in [-0.39, 0.29) is 11.8 Å². The van der Waals surface area contributed by atoms with Gasteiger partial charge >= 0.3 is 0 Å². The molecule has 1 aliphatic heterocycles. The van der Waals surface area contributed by atoms with Crippen LogP contribution in [-0.2, 0) is 4.79 Å². The molecule has 1 saturated carbocycles. The fraction of sp³-hybridized carbons (Fsp3) is 0.571. The lowest BCUT2D eigenvalue weighted by molar-refractivity contribution is -0.126. The molecule has 1 aromatic heterocycles. The highest BCUT2D eigenvalue weighted by Crippen LogP contribution is 2.30. The minimum Gasteiger partial charge on any atom is -0.478 e. The lowest BCUT2D eigenvalue weighted by Gasteiger charge is -2.34. The Morgan fingerprint density at radius 3 is 2.56 bits per heavy atom. The van der Waals surface area contributed by atoms with Crippen LogP contribution >= 0.6 is 0 Å². The van der Waals surface area contributed by atoms with Gasteiger partial charge in [0.05, 0.1) is 24.1 Å². The number of ether oxygens (including phenoxy) is 1. The number of carbonyl (C=O) groups excluding carboxylic acids is 1. The van der Waals surface area contributed by atoms with E-state index >= 15 is 0 Å². The van der Waals surface area contributed by atoms with Crippen molar-refractivity contribution in [3.8, 4) is 5.88 Å². The summed E-state index contributed by atoms with van der Waals surface area (Å²) in [6.07, 6.45) is 7.89. The quantitative estimate of drug-likeness (QED) is 0.897. The Labute approximate surface area is 160 Å². The van der Waals surface area contributed by atoms with E-state index in [1.807, 2.05) is 24.3 Å². The zero-order chi connectivity index (χ0) is 18.6. The fourth-order valence-electron chi connectivity index (χ4n) is 4.27. The molecule has 4 rings (SSSR count). The number of para-hydroxylation sites is 2. The summed E-state index contributed by atoms with van der Waals surface area (Å²) in [5, 5.41) is 3.29. The molecule has 6 nitrogen and oxygen atoms in total. The van der Waals surface area contributed by atoms with Crippen LogP contribution in [-0.4, -0.2) is 42.1 Å². The van der Waals surface area contributed by atoms with Crippen LogP contribution < -0.4 is 15.0 Å². The first-order valence-corrected chi connectivity index (χ1v) is 10.1. The topological polar surface area (TPSA) is 67.4 Å². The lowest BCUT2D eigenvalue weighted by atomic mass is 9.93. The van der Waals surface area contributed by atoms with E-state index in [1.165, 1.54) is 19.3 Å². The molecule has 2 fully saturated rings. The second-order valence-electron chi connectivity index (χ2n) is 7.67. The summed E-state index contributed by atoms with van der Waals surface area (Å²) in [7, 11) is 1.62. The highest BCUT2D eigenvalue weighted by molar-refractivity contribution is 5.81. The third-order valence-electron chi connectivity index (χ3n) is 5.76. The lowest BCUT2D eigenvalue weighted by Crippen LogP contribution is -2.46. The molecular formula is C21H28N4O2. The Morgan fingerprint density at radius 1 is 1.07 bits per heavy atom. The highest BCUT2D eigenvalue weighted by Gasteiger charge is 2.30. The van der Waals surface area contributed by atoms with Crippen molar-refractivity contribution in [3.63, 3.8) is 0 Å². The number of fused-ring (bicyclic) bond motifs is 1. The van der Waals surface area contributed by atoms with E-state index in [0.29, 0.717) is 18.5 Å². The molecule has 0 spiro atoms. The van der Waals surface area contributed by atoms with Crippen molar-refractivity contribution >= 4 is 22.8 Å². The molecule has 1 aliphatic carbocycles. The Morgan fingerprint density at radius 2 is 1.81 bits per heavy atom. The second kappa shape index (κ2) is 8.11. The summed E-state index contributed by atoms with van der Waals surface area (Å²) < 4.78 is 5.51. The number of benzene rings is 1. The van der Waals surface area contributed by atoms with Crippen LogP contribution in [0.3, 0.4) is 0 Å². The maximum atomic E-state index is 12.8. The summed E-state index contributed by atoms with van der Waals surface area (Å²) >= 11 is 0. The van der Waals surface area contributed by atoms with E-state index < -0.39 is 0 Å². The summed E-state index contributed by atoms with van der Waals surface area (Å²) in [5.41, 5.74) is 1.67. The van der Waals surface area contributed by atoms with Gasteiger partial charge in [-0.3, -0.25) is 4.79 Å². The third kappa shape index (κ3) is 3.99. The standard InChI is InChI=1S/C21H28N4O2/c1-27-21-19(23-17-11-5-6-12-18(17)24-21)25-13-7-8-15(14-25)20(26)22-16-9-3-2-4-10-16/h5-6,11-12,15-16H,2-4,7-10,13-14H2,1H3,(H,22,26). The van der Waals surface area contributed by atoms with E-state index in [1.54, 1.807) is 7.11 Å².